The highest BCUT2D eigenvalue weighted by Crippen LogP contribution is 2.21. The predicted molar refractivity (Wildman–Crippen MR) is 93.5 cm³/mol. The van der Waals surface area contributed by atoms with Gasteiger partial charge in [0.25, 0.3) is 0 Å². The molecule has 3 heterocycles. The largest absolute Gasteiger partial charge is 0.497 e. The quantitative estimate of drug-likeness (QED) is 0.735. The fraction of sp³-hybridized carbons (Fsp3) is 0.333. The lowest BCUT2D eigenvalue weighted by atomic mass is 10.2. The first-order valence-electron chi connectivity index (χ1n) is 8.22. The van der Waals surface area contributed by atoms with E-state index in [2.05, 4.69) is 38.1 Å². The topological polar surface area (TPSA) is 45.9 Å². The van der Waals surface area contributed by atoms with Crippen LogP contribution in [-0.2, 0) is 6.54 Å². The van der Waals surface area contributed by atoms with E-state index in [1.165, 1.54) is 5.69 Å². The van der Waals surface area contributed by atoms with E-state index in [9.17, 15) is 0 Å². The van der Waals surface area contributed by atoms with Crippen LogP contribution in [0, 0.1) is 0 Å². The van der Waals surface area contributed by atoms with Crippen LogP contribution in [0.15, 0.2) is 48.9 Å². The standard InChI is InChI=1S/C18H21N5O/c1-24-17-5-3-16(4-6-17)22-11-9-21(10-12-22)13-15-14-23-8-2-7-19-18(23)20-15/h2-8,14H,9-13H2,1H3. The fourth-order valence-corrected chi connectivity index (χ4v) is 3.14. The summed E-state index contributed by atoms with van der Waals surface area (Å²) in [7, 11) is 1.70. The molecule has 0 saturated carbocycles. The first kappa shape index (κ1) is 15.0. The molecule has 1 fully saturated rings. The van der Waals surface area contributed by atoms with E-state index < -0.39 is 0 Å². The van der Waals surface area contributed by atoms with E-state index in [0.717, 1.165) is 49.9 Å². The minimum absolute atomic E-state index is 0.768. The van der Waals surface area contributed by atoms with Crippen molar-refractivity contribution in [3.8, 4) is 5.75 Å². The Kier molecular flexibility index (Phi) is 4.04. The van der Waals surface area contributed by atoms with Crippen molar-refractivity contribution >= 4 is 11.5 Å². The van der Waals surface area contributed by atoms with Crippen molar-refractivity contribution in [2.24, 2.45) is 0 Å². The van der Waals surface area contributed by atoms with Crippen LogP contribution in [0.4, 0.5) is 5.69 Å². The molecule has 0 spiro atoms. The summed E-state index contributed by atoms with van der Waals surface area (Å²) in [6.07, 6.45) is 5.83. The summed E-state index contributed by atoms with van der Waals surface area (Å²) in [6.45, 7) is 5.00. The molecule has 0 bridgehead atoms. The van der Waals surface area contributed by atoms with Crippen molar-refractivity contribution in [3.05, 3.63) is 54.6 Å². The van der Waals surface area contributed by atoms with Gasteiger partial charge < -0.3 is 9.64 Å². The van der Waals surface area contributed by atoms with Crippen molar-refractivity contribution in [3.63, 3.8) is 0 Å². The third-order valence-corrected chi connectivity index (χ3v) is 4.48. The summed E-state index contributed by atoms with van der Waals surface area (Å²) in [6, 6.07) is 10.2. The average Bonchev–Trinajstić information content (AvgIpc) is 3.05. The number of rotatable bonds is 4. The molecule has 0 unspecified atom stereocenters. The summed E-state index contributed by atoms with van der Waals surface area (Å²) in [4.78, 5) is 13.7. The summed E-state index contributed by atoms with van der Waals surface area (Å²) >= 11 is 0. The van der Waals surface area contributed by atoms with E-state index >= 15 is 0 Å². The first-order valence-corrected chi connectivity index (χ1v) is 8.22. The number of aromatic nitrogens is 3. The van der Waals surface area contributed by atoms with E-state index in [4.69, 9.17) is 4.74 Å². The molecule has 2 aromatic heterocycles. The van der Waals surface area contributed by atoms with E-state index in [1.54, 1.807) is 13.3 Å². The second kappa shape index (κ2) is 6.49. The molecule has 4 rings (SSSR count). The highest BCUT2D eigenvalue weighted by atomic mass is 16.5. The molecular formula is C18H21N5O. The van der Waals surface area contributed by atoms with Crippen LogP contribution in [0.2, 0.25) is 0 Å². The molecule has 6 heteroatoms. The molecule has 1 saturated heterocycles. The van der Waals surface area contributed by atoms with Gasteiger partial charge in [-0.25, -0.2) is 9.97 Å². The second-order valence-corrected chi connectivity index (χ2v) is 6.02. The summed E-state index contributed by atoms with van der Waals surface area (Å²) in [5.41, 5.74) is 2.33. The van der Waals surface area contributed by atoms with Gasteiger partial charge in [-0.05, 0) is 30.3 Å². The van der Waals surface area contributed by atoms with Gasteiger partial charge in [0.1, 0.15) is 5.75 Å². The second-order valence-electron chi connectivity index (χ2n) is 6.02. The average molecular weight is 323 g/mol. The fourth-order valence-electron chi connectivity index (χ4n) is 3.14. The summed E-state index contributed by atoms with van der Waals surface area (Å²) in [5.74, 6) is 1.67. The number of anilines is 1. The lowest BCUT2D eigenvalue weighted by Gasteiger charge is -2.35. The van der Waals surface area contributed by atoms with Crippen molar-refractivity contribution in [1.82, 2.24) is 19.3 Å². The molecule has 0 radical (unpaired) electrons. The normalized spacial score (nSPS) is 15.8. The molecule has 1 aliphatic rings. The smallest absolute Gasteiger partial charge is 0.233 e. The summed E-state index contributed by atoms with van der Waals surface area (Å²) < 4.78 is 7.20. The third-order valence-electron chi connectivity index (χ3n) is 4.48. The van der Waals surface area contributed by atoms with E-state index in [1.807, 2.05) is 28.8 Å². The van der Waals surface area contributed by atoms with Crippen molar-refractivity contribution < 1.29 is 4.74 Å². The Labute approximate surface area is 141 Å². The Balaban J connectivity index is 1.36. The van der Waals surface area contributed by atoms with Crippen molar-refractivity contribution in [2.75, 3.05) is 38.2 Å². The van der Waals surface area contributed by atoms with Crippen LogP contribution in [0.25, 0.3) is 5.78 Å². The maximum Gasteiger partial charge on any atom is 0.233 e. The summed E-state index contributed by atoms with van der Waals surface area (Å²) in [5, 5.41) is 0. The predicted octanol–water partition coefficient (Wildman–Crippen LogP) is 2.06. The van der Waals surface area contributed by atoms with Crippen LogP contribution >= 0.6 is 0 Å². The van der Waals surface area contributed by atoms with E-state index in [0.29, 0.717) is 0 Å². The van der Waals surface area contributed by atoms with Gasteiger partial charge in [0.2, 0.25) is 5.78 Å². The number of hydrogen-bond acceptors (Lipinski definition) is 5. The van der Waals surface area contributed by atoms with Crippen molar-refractivity contribution in [2.45, 2.75) is 6.54 Å². The molecular weight excluding hydrogens is 302 g/mol. The minimum Gasteiger partial charge on any atom is -0.497 e. The zero-order valence-electron chi connectivity index (χ0n) is 13.8. The maximum absolute atomic E-state index is 5.22. The Hall–Kier alpha value is -2.60. The number of imidazole rings is 1. The monoisotopic (exact) mass is 323 g/mol. The third kappa shape index (κ3) is 3.05. The molecule has 124 valence electrons. The molecule has 0 N–H and O–H groups in total. The van der Waals surface area contributed by atoms with Gasteiger partial charge in [-0.1, -0.05) is 0 Å². The van der Waals surface area contributed by atoms with Crippen LogP contribution in [0.5, 0.6) is 5.75 Å². The molecule has 0 aliphatic carbocycles. The molecule has 24 heavy (non-hydrogen) atoms. The van der Waals surface area contributed by atoms with Crippen LogP contribution in [0.1, 0.15) is 5.69 Å². The van der Waals surface area contributed by atoms with Crippen molar-refractivity contribution in [1.29, 1.82) is 0 Å². The SMILES string of the molecule is COc1ccc(N2CCN(Cc3cn4cccnc4n3)CC2)cc1. The molecule has 3 aromatic rings. The molecule has 1 aliphatic heterocycles. The zero-order valence-corrected chi connectivity index (χ0v) is 13.8. The van der Waals surface area contributed by atoms with Gasteiger partial charge in [0.15, 0.2) is 0 Å². The number of methoxy groups -OCH3 is 1. The number of fused-ring (bicyclic) bond motifs is 1. The van der Waals surface area contributed by atoms with Gasteiger partial charge in [-0.3, -0.25) is 9.30 Å². The van der Waals surface area contributed by atoms with E-state index in [-0.39, 0.29) is 0 Å². The molecule has 1 aromatic carbocycles. The Morgan fingerprint density at radius 1 is 1.08 bits per heavy atom. The molecule has 0 atom stereocenters. The lowest BCUT2D eigenvalue weighted by molar-refractivity contribution is 0.247. The van der Waals surface area contributed by atoms with Gasteiger partial charge in [-0.15, -0.1) is 0 Å². The number of nitrogens with zero attached hydrogens (tertiary/aromatic N) is 5. The number of hydrogen-bond donors (Lipinski definition) is 0. The Bertz CT molecular complexity index is 773. The highest BCUT2D eigenvalue weighted by Gasteiger charge is 2.18. The first-order chi connectivity index (χ1) is 11.8. The van der Waals surface area contributed by atoms with Gasteiger partial charge in [-0.2, -0.15) is 0 Å². The van der Waals surface area contributed by atoms with Gasteiger partial charge >= 0.3 is 0 Å². The number of ether oxygens (including phenoxy) is 1. The number of benzene rings is 1. The van der Waals surface area contributed by atoms with Crippen LogP contribution in [0.3, 0.4) is 0 Å². The van der Waals surface area contributed by atoms with Crippen LogP contribution in [-0.4, -0.2) is 52.6 Å². The molecule has 6 nitrogen and oxygen atoms in total. The highest BCUT2D eigenvalue weighted by molar-refractivity contribution is 5.49. The van der Waals surface area contributed by atoms with Gasteiger partial charge in [0, 0.05) is 57.0 Å². The zero-order chi connectivity index (χ0) is 16.4. The molecule has 0 amide bonds. The Morgan fingerprint density at radius 2 is 1.88 bits per heavy atom. The lowest BCUT2D eigenvalue weighted by Crippen LogP contribution is -2.46. The Morgan fingerprint density at radius 3 is 2.58 bits per heavy atom. The minimum atomic E-state index is 0.768. The van der Waals surface area contributed by atoms with Crippen LogP contribution < -0.4 is 9.64 Å². The van der Waals surface area contributed by atoms with Gasteiger partial charge in [0.05, 0.1) is 12.8 Å². The number of piperazine rings is 1. The maximum atomic E-state index is 5.22.